The van der Waals surface area contributed by atoms with Gasteiger partial charge in [-0.05, 0) is 36.5 Å². The van der Waals surface area contributed by atoms with Crippen LogP contribution >= 0.6 is 12.4 Å². The smallest absolute Gasteiger partial charge is 0.337 e. The van der Waals surface area contributed by atoms with Crippen LogP contribution in [0.1, 0.15) is 41.6 Å². The van der Waals surface area contributed by atoms with Crippen molar-refractivity contribution in [2.75, 3.05) is 7.11 Å². The van der Waals surface area contributed by atoms with Crippen LogP contribution in [0.3, 0.4) is 0 Å². The van der Waals surface area contributed by atoms with Crippen molar-refractivity contribution < 1.29 is 14.3 Å². The molecule has 0 heterocycles. The molecule has 1 aliphatic carbocycles. The quantitative estimate of drug-likeness (QED) is 0.811. The number of hydrogen-bond donors (Lipinski definition) is 2. The van der Waals surface area contributed by atoms with Crippen LogP contribution in [-0.4, -0.2) is 25.0 Å². The number of halogens is 1. The Morgan fingerprint density at radius 3 is 2.77 bits per heavy atom. The molecule has 0 bridgehead atoms. The largest absolute Gasteiger partial charge is 0.465 e. The highest BCUT2D eigenvalue weighted by Crippen LogP contribution is 2.26. The second-order valence-electron chi connectivity index (χ2n) is 5.53. The molecule has 0 unspecified atom stereocenters. The van der Waals surface area contributed by atoms with Gasteiger partial charge in [0, 0.05) is 19.0 Å². The molecule has 5 nitrogen and oxygen atoms in total. The third-order valence-corrected chi connectivity index (χ3v) is 4.00. The van der Waals surface area contributed by atoms with E-state index in [1.807, 2.05) is 6.07 Å². The van der Waals surface area contributed by atoms with E-state index >= 15 is 0 Å². The predicted molar refractivity (Wildman–Crippen MR) is 86.8 cm³/mol. The van der Waals surface area contributed by atoms with E-state index in [-0.39, 0.29) is 30.3 Å². The fourth-order valence-corrected chi connectivity index (χ4v) is 2.76. The zero-order valence-corrected chi connectivity index (χ0v) is 13.5. The van der Waals surface area contributed by atoms with E-state index < -0.39 is 0 Å². The third-order valence-electron chi connectivity index (χ3n) is 4.00. The number of carbonyl (C=O) groups is 2. The van der Waals surface area contributed by atoms with Crippen LogP contribution in [-0.2, 0) is 16.1 Å². The van der Waals surface area contributed by atoms with E-state index in [1.165, 1.54) is 7.11 Å². The number of benzene rings is 1. The maximum atomic E-state index is 11.9. The van der Waals surface area contributed by atoms with Crippen molar-refractivity contribution in [2.45, 2.75) is 38.3 Å². The summed E-state index contributed by atoms with van der Waals surface area (Å²) in [6.45, 7) is 0.408. The first-order chi connectivity index (χ1) is 10.1. The normalized spacial score (nSPS) is 20.1. The van der Waals surface area contributed by atoms with E-state index in [1.54, 1.807) is 18.2 Å². The van der Waals surface area contributed by atoms with Gasteiger partial charge in [0.25, 0.3) is 0 Å². The van der Waals surface area contributed by atoms with Crippen molar-refractivity contribution >= 4 is 24.3 Å². The van der Waals surface area contributed by atoms with Crippen LogP contribution in [0.25, 0.3) is 0 Å². The molecule has 1 saturated carbocycles. The lowest BCUT2D eigenvalue weighted by Crippen LogP contribution is -2.31. The molecule has 1 aromatic carbocycles. The molecule has 1 fully saturated rings. The minimum Gasteiger partial charge on any atom is -0.465 e. The van der Waals surface area contributed by atoms with Crippen molar-refractivity contribution in [1.29, 1.82) is 0 Å². The number of carbonyl (C=O) groups excluding carboxylic acids is 2. The Morgan fingerprint density at radius 2 is 2.14 bits per heavy atom. The van der Waals surface area contributed by atoms with Crippen LogP contribution in [0.5, 0.6) is 0 Å². The number of nitrogens with one attached hydrogen (secondary N) is 1. The molecule has 6 heteroatoms. The Kier molecular flexibility index (Phi) is 7.35. The van der Waals surface area contributed by atoms with Gasteiger partial charge in [0.1, 0.15) is 0 Å². The summed E-state index contributed by atoms with van der Waals surface area (Å²) in [5.74, 6) is -0.0627. The molecule has 0 aromatic heterocycles. The molecule has 22 heavy (non-hydrogen) atoms. The van der Waals surface area contributed by atoms with E-state index in [2.05, 4.69) is 10.1 Å². The first kappa shape index (κ1) is 18.5. The number of ether oxygens (including phenoxy) is 1. The summed E-state index contributed by atoms with van der Waals surface area (Å²) >= 11 is 0. The van der Waals surface area contributed by atoms with Crippen molar-refractivity contribution in [1.82, 2.24) is 5.32 Å². The SMILES string of the molecule is COC(=O)c1cccc(CNC(=O)C[C@@H]2CCC[C@H]2N)c1.Cl. The average Bonchev–Trinajstić information content (AvgIpc) is 2.90. The van der Waals surface area contributed by atoms with Gasteiger partial charge in [0.2, 0.25) is 5.91 Å². The van der Waals surface area contributed by atoms with Crippen molar-refractivity contribution in [2.24, 2.45) is 11.7 Å². The van der Waals surface area contributed by atoms with E-state index in [0.717, 1.165) is 24.8 Å². The molecule has 0 radical (unpaired) electrons. The Bertz CT molecular complexity index is 522. The maximum absolute atomic E-state index is 11.9. The molecular weight excluding hydrogens is 304 g/mol. The second kappa shape index (κ2) is 8.76. The van der Waals surface area contributed by atoms with Crippen molar-refractivity contribution in [3.05, 3.63) is 35.4 Å². The highest BCUT2D eigenvalue weighted by atomic mass is 35.5. The summed E-state index contributed by atoms with van der Waals surface area (Å²) in [6.07, 6.45) is 3.64. The molecule has 0 aliphatic heterocycles. The Morgan fingerprint density at radius 1 is 1.36 bits per heavy atom. The molecule has 0 spiro atoms. The molecule has 1 amide bonds. The average molecular weight is 327 g/mol. The fraction of sp³-hybridized carbons (Fsp3) is 0.500. The topological polar surface area (TPSA) is 81.4 Å². The summed E-state index contributed by atoms with van der Waals surface area (Å²) < 4.78 is 4.68. The molecule has 3 N–H and O–H groups in total. The van der Waals surface area contributed by atoms with Crippen LogP contribution in [0.15, 0.2) is 24.3 Å². The van der Waals surface area contributed by atoms with Crippen LogP contribution in [0.4, 0.5) is 0 Å². The van der Waals surface area contributed by atoms with Gasteiger partial charge >= 0.3 is 5.97 Å². The highest BCUT2D eigenvalue weighted by molar-refractivity contribution is 5.89. The van der Waals surface area contributed by atoms with Crippen LogP contribution in [0.2, 0.25) is 0 Å². The number of methoxy groups -OCH3 is 1. The van der Waals surface area contributed by atoms with E-state index in [4.69, 9.17) is 5.73 Å². The summed E-state index contributed by atoms with van der Waals surface area (Å²) in [4.78, 5) is 23.4. The third kappa shape index (κ3) is 5.00. The van der Waals surface area contributed by atoms with Crippen molar-refractivity contribution in [3.63, 3.8) is 0 Å². The lowest BCUT2D eigenvalue weighted by molar-refractivity contribution is -0.122. The van der Waals surface area contributed by atoms with Gasteiger partial charge in [-0.3, -0.25) is 4.79 Å². The zero-order valence-electron chi connectivity index (χ0n) is 12.7. The molecule has 2 rings (SSSR count). The molecule has 1 aliphatic rings. The standard InChI is InChI=1S/C16H22N2O3.ClH/c1-21-16(20)13-6-2-4-11(8-13)10-18-15(19)9-12-5-3-7-14(12)17;/h2,4,6,8,12,14H,3,5,7,9-10,17H2,1H3,(H,18,19);1H/t12-,14+;/m0./s1. The summed E-state index contributed by atoms with van der Waals surface area (Å²) in [7, 11) is 1.35. The van der Waals surface area contributed by atoms with Gasteiger partial charge in [-0.25, -0.2) is 4.79 Å². The van der Waals surface area contributed by atoms with E-state index in [9.17, 15) is 9.59 Å². The maximum Gasteiger partial charge on any atom is 0.337 e. The first-order valence-corrected chi connectivity index (χ1v) is 7.29. The molecular formula is C16H23ClN2O3. The second-order valence-corrected chi connectivity index (χ2v) is 5.53. The zero-order chi connectivity index (χ0) is 15.2. The predicted octanol–water partition coefficient (Wildman–Crippen LogP) is 2.03. The Labute approximate surface area is 137 Å². The monoisotopic (exact) mass is 326 g/mol. The van der Waals surface area contributed by atoms with Gasteiger partial charge in [-0.15, -0.1) is 12.4 Å². The summed E-state index contributed by atoms with van der Waals surface area (Å²) in [5, 5.41) is 2.88. The Balaban J connectivity index is 0.00000242. The molecule has 122 valence electrons. The number of esters is 1. The molecule has 1 aromatic rings. The number of nitrogens with two attached hydrogens (primary N) is 1. The lowest BCUT2D eigenvalue weighted by atomic mass is 10.00. The van der Waals surface area contributed by atoms with Gasteiger partial charge in [0.15, 0.2) is 0 Å². The van der Waals surface area contributed by atoms with Gasteiger partial charge in [-0.2, -0.15) is 0 Å². The summed E-state index contributed by atoms with van der Waals surface area (Å²) in [5.41, 5.74) is 7.34. The Hall–Kier alpha value is -1.59. The number of rotatable bonds is 5. The molecule has 2 atom stereocenters. The lowest BCUT2D eigenvalue weighted by Gasteiger charge is -2.14. The highest BCUT2D eigenvalue weighted by Gasteiger charge is 2.25. The van der Waals surface area contributed by atoms with Crippen LogP contribution in [0, 0.1) is 5.92 Å². The summed E-state index contributed by atoms with van der Waals surface area (Å²) in [6, 6.07) is 7.22. The minimum absolute atomic E-state index is 0. The van der Waals surface area contributed by atoms with Gasteiger partial charge in [-0.1, -0.05) is 18.6 Å². The number of hydrogen-bond acceptors (Lipinski definition) is 4. The minimum atomic E-state index is -0.375. The van der Waals surface area contributed by atoms with E-state index in [0.29, 0.717) is 24.4 Å². The van der Waals surface area contributed by atoms with Crippen LogP contribution < -0.4 is 11.1 Å². The van der Waals surface area contributed by atoms with Gasteiger partial charge < -0.3 is 15.8 Å². The first-order valence-electron chi connectivity index (χ1n) is 7.29. The van der Waals surface area contributed by atoms with Gasteiger partial charge in [0.05, 0.1) is 12.7 Å². The fourth-order valence-electron chi connectivity index (χ4n) is 2.76. The van der Waals surface area contributed by atoms with Crippen molar-refractivity contribution in [3.8, 4) is 0 Å². The molecule has 0 saturated heterocycles. The number of amides is 1.